The lowest BCUT2D eigenvalue weighted by molar-refractivity contribution is 0.189. The van der Waals surface area contributed by atoms with Gasteiger partial charge in [0.2, 0.25) is 10.0 Å². The summed E-state index contributed by atoms with van der Waals surface area (Å²) in [4.78, 5) is 0. The van der Waals surface area contributed by atoms with Gasteiger partial charge in [0.15, 0.2) is 0 Å². The number of aliphatic hydroxyl groups excluding tert-OH is 1. The molecule has 0 aliphatic carbocycles. The zero-order valence-electron chi connectivity index (χ0n) is 7.68. The first-order valence-corrected chi connectivity index (χ1v) is 5.94. The van der Waals surface area contributed by atoms with Crippen LogP contribution in [0, 0.1) is 0 Å². The molecule has 0 aromatic heterocycles. The minimum absolute atomic E-state index is 0.0379. The molecule has 1 N–H and O–H groups in total. The van der Waals surface area contributed by atoms with E-state index in [-0.39, 0.29) is 12.3 Å². The number of allylic oxidation sites excluding steroid dienone is 1. The molecule has 4 nitrogen and oxygen atoms in total. The highest BCUT2D eigenvalue weighted by molar-refractivity contribution is 7.89. The van der Waals surface area contributed by atoms with Gasteiger partial charge in [-0.05, 0) is 13.3 Å². The lowest BCUT2D eigenvalue weighted by Gasteiger charge is -2.13. The molecule has 5 heteroatoms. The Labute approximate surface area is 78.9 Å². The minimum atomic E-state index is -3.17. The Morgan fingerprint density at radius 1 is 1.62 bits per heavy atom. The van der Waals surface area contributed by atoms with Gasteiger partial charge in [-0.3, -0.25) is 0 Å². The van der Waals surface area contributed by atoms with Crippen LogP contribution in [0.15, 0.2) is 12.2 Å². The summed E-state index contributed by atoms with van der Waals surface area (Å²) in [5.41, 5.74) is 0. The predicted molar refractivity (Wildman–Crippen MR) is 50.8 cm³/mol. The van der Waals surface area contributed by atoms with E-state index in [4.69, 9.17) is 5.11 Å². The Hall–Kier alpha value is -0.390. The average molecular weight is 205 g/mol. The molecule has 1 fully saturated rings. The lowest BCUT2D eigenvalue weighted by atomic mass is 10.3. The summed E-state index contributed by atoms with van der Waals surface area (Å²) in [6, 6.07) is 0. The second-order valence-corrected chi connectivity index (χ2v) is 5.16. The molecule has 1 heterocycles. The van der Waals surface area contributed by atoms with Crippen LogP contribution in [0.4, 0.5) is 0 Å². The molecule has 0 amide bonds. The maximum atomic E-state index is 11.5. The van der Waals surface area contributed by atoms with Crippen molar-refractivity contribution in [3.8, 4) is 0 Å². The topological polar surface area (TPSA) is 57.6 Å². The van der Waals surface area contributed by atoms with E-state index in [1.54, 1.807) is 19.1 Å². The molecule has 1 rings (SSSR count). The zero-order valence-corrected chi connectivity index (χ0v) is 8.50. The van der Waals surface area contributed by atoms with E-state index in [9.17, 15) is 8.42 Å². The number of hydrogen-bond acceptors (Lipinski definition) is 3. The number of nitrogens with zero attached hydrogens (tertiary/aromatic N) is 1. The van der Waals surface area contributed by atoms with Crippen LogP contribution in [-0.4, -0.2) is 42.8 Å². The molecule has 1 atom stereocenters. The monoisotopic (exact) mass is 205 g/mol. The van der Waals surface area contributed by atoms with E-state index in [1.165, 1.54) is 4.31 Å². The standard InChI is InChI=1S/C8H15NO3S/c1-2-3-6-13(11,12)9-5-4-8(10)7-9/h2-3,8,10H,4-7H2,1H3/b3-2+/t8-/m1/s1. The van der Waals surface area contributed by atoms with Gasteiger partial charge in [-0.15, -0.1) is 0 Å². The van der Waals surface area contributed by atoms with Crippen molar-refractivity contribution < 1.29 is 13.5 Å². The maximum Gasteiger partial charge on any atom is 0.217 e. The maximum absolute atomic E-state index is 11.5. The van der Waals surface area contributed by atoms with Crippen LogP contribution >= 0.6 is 0 Å². The smallest absolute Gasteiger partial charge is 0.217 e. The summed E-state index contributed by atoms with van der Waals surface area (Å²) in [5.74, 6) is 0.0379. The van der Waals surface area contributed by atoms with Crippen molar-refractivity contribution >= 4 is 10.0 Å². The molecular formula is C8H15NO3S. The Kier molecular flexibility index (Phi) is 3.47. The molecule has 0 bridgehead atoms. The van der Waals surface area contributed by atoms with Gasteiger partial charge >= 0.3 is 0 Å². The molecule has 76 valence electrons. The molecule has 0 radical (unpaired) electrons. The number of sulfonamides is 1. The molecule has 0 unspecified atom stereocenters. The van der Waals surface area contributed by atoms with Crippen molar-refractivity contribution in [2.24, 2.45) is 0 Å². The van der Waals surface area contributed by atoms with Crippen LogP contribution in [-0.2, 0) is 10.0 Å². The van der Waals surface area contributed by atoms with Gasteiger partial charge in [-0.2, -0.15) is 4.31 Å². The van der Waals surface area contributed by atoms with E-state index in [0.717, 1.165) is 0 Å². The molecule has 0 saturated carbocycles. The Morgan fingerprint density at radius 3 is 2.77 bits per heavy atom. The molecule has 13 heavy (non-hydrogen) atoms. The van der Waals surface area contributed by atoms with Crippen LogP contribution in [0.5, 0.6) is 0 Å². The normalized spacial score (nSPS) is 25.8. The molecular weight excluding hydrogens is 190 g/mol. The van der Waals surface area contributed by atoms with Gasteiger partial charge in [0, 0.05) is 13.1 Å². The third-order valence-corrected chi connectivity index (χ3v) is 3.79. The quantitative estimate of drug-likeness (QED) is 0.658. The van der Waals surface area contributed by atoms with Crippen molar-refractivity contribution in [2.75, 3.05) is 18.8 Å². The SMILES string of the molecule is C/C=C/CS(=O)(=O)N1CC[C@@H](O)C1. The molecule has 0 spiro atoms. The third kappa shape index (κ3) is 2.79. The highest BCUT2D eigenvalue weighted by Crippen LogP contribution is 2.13. The lowest BCUT2D eigenvalue weighted by Crippen LogP contribution is -2.31. The van der Waals surface area contributed by atoms with Gasteiger partial charge < -0.3 is 5.11 Å². The largest absolute Gasteiger partial charge is 0.392 e. The zero-order chi connectivity index (χ0) is 9.90. The Balaban J connectivity index is 2.60. The number of hydrogen-bond donors (Lipinski definition) is 1. The second-order valence-electron chi connectivity index (χ2n) is 3.15. The van der Waals surface area contributed by atoms with Crippen LogP contribution in [0.3, 0.4) is 0 Å². The van der Waals surface area contributed by atoms with Crippen LogP contribution in [0.2, 0.25) is 0 Å². The molecule has 0 aromatic rings. The summed E-state index contributed by atoms with van der Waals surface area (Å²) in [6.45, 7) is 2.48. The summed E-state index contributed by atoms with van der Waals surface area (Å²) in [6.07, 6.45) is 3.39. The molecule has 0 aromatic carbocycles. The van der Waals surface area contributed by atoms with E-state index >= 15 is 0 Å². The van der Waals surface area contributed by atoms with Crippen molar-refractivity contribution in [1.82, 2.24) is 4.31 Å². The number of aliphatic hydroxyl groups is 1. The first-order chi connectivity index (χ1) is 6.06. The minimum Gasteiger partial charge on any atom is -0.392 e. The van der Waals surface area contributed by atoms with E-state index in [2.05, 4.69) is 0 Å². The van der Waals surface area contributed by atoms with Crippen molar-refractivity contribution in [1.29, 1.82) is 0 Å². The molecule has 1 aliphatic rings. The number of β-amino-alcohol motifs (C(OH)–C–C–N with tert-alkyl or cyclic N) is 1. The summed E-state index contributed by atoms with van der Waals surface area (Å²) in [5, 5.41) is 9.16. The summed E-state index contributed by atoms with van der Waals surface area (Å²) < 4.78 is 24.3. The van der Waals surface area contributed by atoms with Gasteiger partial charge in [0.1, 0.15) is 0 Å². The van der Waals surface area contributed by atoms with Crippen molar-refractivity contribution in [3.05, 3.63) is 12.2 Å². The highest BCUT2D eigenvalue weighted by Gasteiger charge is 2.28. The number of rotatable bonds is 3. The van der Waals surface area contributed by atoms with Gasteiger partial charge in [0.25, 0.3) is 0 Å². The van der Waals surface area contributed by atoms with Gasteiger partial charge in [-0.1, -0.05) is 12.2 Å². The van der Waals surface area contributed by atoms with Gasteiger partial charge in [-0.25, -0.2) is 8.42 Å². The molecule has 1 aliphatic heterocycles. The van der Waals surface area contributed by atoms with E-state index < -0.39 is 16.1 Å². The van der Waals surface area contributed by atoms with E-state index in [0.29, 0.717) is 13.0 Å². The highest BCUT2D eigenvalue weighted by atomic mass is 32.2. The van der Waals surface area contributed by atoms with Crippen molar-refractivity contribution in [2.45, 2.75) is 19.4 Å². The van der Waals surface area contributed by atoms with Gasteiger partial charge in [0.05, 0.1) is 11.9 Å². The summed E-state index contributed by atoms with van der Waals surface area (Å²) in [7, 11) is -3.17. The van der Waals surface area contributed by atoms with Crippen LogP contribution in [0.25, 0.3) is 0 Å². The third-order valence-electron chi connectivity index (χ3n) is 2.06. The second kappa shape index (κ2) is 4.21. The predicted octanol–water partition coefficient (Wildman–Crippen LogP) is -0.0411. The fourth-order valence-corrected chi connectivity index (χ4v) is 2.72. The van der Waals surface area contributed by atoms with Crippen molar-refractivity contribution in [3.63, 3.8) is 0 Å². The summed E-state index contributed by atoms with van der Waals surface area (Å²) >= 11 is 0. The van der Waals surface area contributed by atoms with E-state index in [1.807, 2.05) is 0 Å². The molecule has 1 saturated heterocycles. The van der Waals surface area contributed by atoms with Crippen LogP contribution < -0.4 is 0 Å². The first kappa shape index (κ1) is 10.7. The Morgan fingerprint density at radius 2 is 2.31 bits per heavy atom. The fraction of sp³-hybridized carbons (Fsp3) is 0.750. The first-order valence-electron chi connectivity index (χ1n) is 4.33. The fourth-order valence-electron chi connectivity index (χ4n) is 1.29. The van der Waals surface area contributed by atoms with Crippen LogP contribution in [0.1, 0.15) is 13.3 Å². The average Bonchev–Trinajstić information content (AvgIpc) is 2.49. The Bertz CT molecular complexity index is 284.